The summed E-state index contributed by atoms with van der Waals surface area (Å²) in [5.74, 6) is 0.155. The smallest absolute Gasteiger partial charge is 0.220 e. The van der Waals surface area contributed by atoms with E-state index < -0.39 is 0 Å². The molecule has 0 aliphatic heterocycles. The van der Waals surface area contributed by atoms with Crippen LogP contribution in [0.4, 0.5) is 4.39 Å². The molecule has 0 fully saturated rings. The summed E-state index contributed by atoms with van der Waals surface area (Å²) >= 11 is 0. The average molecular weight is 290 g/mol. The van der Waals surface area contributed by atoms with Crippen LogP contribution in [0.3, 0.4) is 0 Å². The van der Waals surface area contributed by atoms with Gasteiger partial charge < -0.3 is 10.3 Å². The summed E-state index contributed by atoms with van der Waals surface area (Å²) in [5, 5.41) is 3.85. The Bertz CT molecular complexity index is 643. The Labute approximate surface area is 124 Å². The largest absolute Gasteiger partial charge is 0.361 e. The zero-order chi connectivity index (χ0) is 15.6. The van der Waals surface area contributed by atoms with Gasteiger partial charge in [-0.15, -0.1) is 0 Å². The second kappa shape index (κ2) is 5.88. The molecule has 2 rings (SSSR count). The summed E-state index contributed by atoms with van der Waals surface area (Å²) in [6.07, 6.45) is 2.43. The maximum atomic E-state index is 13.5. The van der Waals surface area contributed by atoms with Crippen LogP contribution in [-0.4, -0.2) is 17.4 Å². The fraction of sp³-hybridized carbons (Fsp3) is 0.471. The van der Waals surface area contributed by atoms with Gasteiger partial charge >= 0.3 is 0 Å². The number of aromatic amines is 1. The van der Waals surface area contributed by atoms with Crippen molar-refractivity contribution in [3.05, 3.63) is 35.8 Å². The summed E-state index contributed by atoms with van der Waals surface area (Å²) < 4.78 is 13.5. The summed E-state index contributed by atoms with van der Waals surface area (Å²) in [5.41, 5.74) is 1.66. The standard InChI is InChI=1S/C17H23FN2O/c1-11(2)7-16(21)20-10-17(3,4)14-9-19-15-6-5-12(18)8-13(14)15/h5-6,8-9,11,19H,7,10H2,1-4H3,(H,20,21). The molecule has 1 aromatic carbocycles. The number of carbonyl (C=O) groups is 1. The van der Waals surface area contributed by atoms with Crippen molar-refractivity contribution >= 4 is 16.8 Å². The van der Waals surface area contributed by atoms with Gasteiger partial charge in [0, 0.05) is 35.5 Å². The Hall–Kier alpha value is -1.84. The SMILES string of the molecule is CC(C)CC(=O)NCC(C)(C)c1c[nH]c2ccc(F)cc12. The molecule has 0 bridgehead atoms. The minimum Gasteiger partial charge on any atom is -0.361 e. The van der Waals surface area contributed by atoms with Crippen molar-refractivity contribution in [2.24, 2.45) is 5.92 Å². The van der Waals surface area contributed by atoms with Gasteiger partial charge in [0.25, 0.3) is 0 Å². The van der Waals surface area contributed by atoms with E-state index in [-0.39, 0.29) is 17.1 Å². The van der Waals surface area contributed by atoms with Crippen LogP contribution in [0.5, 0.6) is 0 Å². The predicted molar refractivity (Wildman–Crippen MR) is 83.7 cm³/mol. The van der Waals surface area contributed by atoms with Crippen molar-refractivity contribution in [1.82, 2.24) is 10.3 Å². The van der Waals surface area contributed by atoms with Gasteiger partial charge in [-0.25, -0.2) is 4.39 Å². The summed E-state index contributed by atoms with van der Waals surface area (Å²) in [6.45, 7) is 8.68. The highest BCUT2D eigenvalue weighted by molar-refractivity contribution is 5.84. The number of halogens is 1. The lowest BCUT2D eigenvalue weighted by molar-refractivity contribution is -0.122. The molecule has 3 nitrogen and oxygen atoms in total. The monoisotopic (exact) mass is 290 g/mol. The number of nitrogens with one attached hydrogen (secondary N) is 2. The molecule has 2 aromatic rings. The van der Waals surface area contributed by atoms with Gasteiger partial charge in [0.15, 0.2) is 0 Å². The van der Waals surface area contributed by atoms with Crippen molar-refractivity contribution in [1.29, 1.82) is 0 Å². The van der Waals surface area contributed by atoms with Crippen molar-refractivity contribution in [2.75, 3.05) is 6.54 Å². The van der Waals surface area contributed by atoms with Gasteiger partial charge in [0.2, 0.25) is 5.91 Å². The van der Waals surface area contributed by atoms with Crippen molar-refractivity contribution < 1.29 is 9.18 Å². The van der Waals surface area contributed by atoms with Crippen LogP contribution in [-0.2, 0) is 10.2 Å². The van der Waals surface area contributed by atoms with Gasteiger partial charge in [0.05, 0.1) is 0 Å². The van der Waals surface area contributed by atoms with E-state index in [9.17, 15) is 9.18 Å². The lowest BCUT2D eigenvalue weighted by Gasteiger charge is -2.25. The molecule has 1 amide bonds. The number of rotatable bonds is 5. The molecule has 4 heteroatoms. The highest BCUT2D eigenvalue weighted by Gasteiger charge is 2.25. The lowest BCUT2D eigenvalue weighted by Crippen LogP contribution is -2.37. The van der Waals surface area contributed by atoms with E-state index in [4.69, 9.17) is 0 Å². The van der Waals surface area contributed by atoms with E-state index in [1.807, 2.05) is 20.0 Å². The van der Waals surface area contributed by atoms with Gasteiger partial charge in [-0.1, -0.05) is 27.7 Å². The number of H-pyrrole nitrogens is 1. The van der Waals surface area contributed by atoms with Crippen LogP contribution < -0.4 is 5.32 Å². The first-order valence-corrected chi connectivity index (χ1v) is 7.33. The molecule has 1 aromatic heterocycles. The number of carbonyl (C=O) groups excluding carboxylic acids is 1. The molecule has 2 N–H and O–H groups in total. The van der Waals surface area contributed by atoms with Crippen LogP contribution in [0.15, 0.2) is 24.4 Å². The molecular formula is C17H23FN2O. The summed E-state index contributed by atoms with van der Waals surface area (Å²) in [6, 6.07) is 4.72. The van der Waals surface area contributed by atoms with E-state index in [1.165, 1.54) is 6.07 Å². The third kappa shape index (κ3) is 3.63. The molecule has 0 spiro atoms. The number of hydrogen-bond donors (Lipinski definition) is 2. The van der Waals surface area contributed by atoms with E-state index >= 15 is 0 Å². The fourth-order valence-electron chi connectivity index (χ4n) is 2.51. The van der Waals surface area contributed by atoms with Crippen LogP contribution >= 0.6 is 0 Å². The molecular weight excluding hydrogens is 267 g/mol. The first-order valence-electron chi connectivity index (χ1n) is 7.33. The number of benzene rings is 1. The van der Waals surface area contributed by atoms with Crippen LogP contribution in [0.2, 0.25) is 0 Å². The maximum Gasteiger partial charge on any atom is 0.220 e. The number of amides is 1. The van der Waals surface area contributed by atoms with Gasteiger partial charge in [-0.05, 0) is 29.7 Å². The van der Waals surface area contributed by atoms with Crippen molar-refractivity contribution in [3.63, 3.8) is 0 Å². The van der Waals surface area contributed by atoms with E-state index in [0.717, 1.165) is 16.5 Å². The Kier molecular flexibility index (Phi) is 4.35. The van der Waals surface area contributed by atoms with Gasteiger partial charge in [-0.3, -0.25) is 4.79 Å². The minimum atomic E-state index is -0.265. The second-order valence-electron chi connectivity index (χ2n) is 6.65. The zero-order valence-electron chi connectivity index (χ0n) is 13.1. The molecule has 0 unspecified atom stereocenters. The molecule has 0 aliphatic carbocycles. The highest BCUT2D eigenvalue weighted by Crippen LogP contribution is 2.30. The van der Waals surface area contributed by atoms with Crippen molar-refractivity contribution in [3.8, 4) is 0 Å². The van der Waals surface area contributed by atoms with Gasteiger partial charge in [-0.2, -0.15) is 0 Å². The Balaban J connectivity index is 2.17. The lowest BCUT2D eigenvalue weighted by atomic mass is 9.84. The van der Waals surface area contributed by atoms with E-state index in [2.05, 4.69) is 24.1 Å². The normalized spacial score (nSPS) is 12.1. The molecule has 1 heterocycles. The molecule has 0 saturated carbocycles. The Morgan fingerprint density at radius 2 is 2.10 bits per heavy atom. The van der Waals surface area contributed by atoms with Crippen molar-refractivity contribution in [2.45, 2.75) is 39.5 Å². The topological polar surface area (TPSA) is 44.9 Å². The molecule has 21 heavy (non-hydrogen) atoms. The molecule has 114 valence electrons. The van der Waals surface area contributed by atoms with Crippen LogP contribution in [0, 0.1) is 11.7 Å². The maximum absolute atomic E-state index is 13.5. The molecule has 0 radical (unpaired) electrons. The van der Waals surface area contributed by atoms with Crippen LogP contribution in [0.1, 0.15) is 39.7 Å². The molecule has 0 aliphatic rings. The third-order valence-electron chi connectivity index (χ3n) is 3.69. The number of hydrogen-bond acceptors (Lipinski definition) is 1. The fourth-order valence-corrected chi connectivity index (χ4v) is 2.51. The summed E-state index contributed by atoms with van der Waals surface area (Å²) in [7, 11) is 0. The van der Waals surface area contributed by atoms with Gasteiger partial charge in [0.1, 0.15) is 5.82 Å². The first-order chi connectivity index (χ1) is 9.79. The molecule has 0 atom stereocenters. The van der Waals surface area contributed by atoms with Crippen LogP contribution in [0.25, 0.3) is 10.9 Å². The van der Waals surface area contributed by atoms with E-state index in [1.54, 1.807) is 12.1 Å². The molecule has 0 saturated heterocycles. The quantitative estimate of drug-likeness (QED) is 0.865. The zero-order valence-corrected chi connectivity index (χ0v) is 13.1. The number of fused-ring (bicyclic) bond motifs is 1. The predicted octanol–water partition coefficient (Wildman–Crippen LogP) is 3.75. The minimum absolute atomic E-state index is 0.0593. The average Bonchev–Trinajstić information content (AvgIpc) is 2.79. The Morgan fingerprint density at radius 3 is 2.76 bits per heavy atom. The summed E-state index contributed by atoms with van der Waals surface area (Å²) in [4.78, 5) is 15.0. The number of aromatic nitrogens is 1. The Morgan fingerprint density at radius 1 is 1.38 bits per heavy atom. The third-order valence-corrected chi connectivity index (χ3v) is 3.69. The highest BCUT2D eigenvalue weighted by atomic mass is 19.1. The second-order valence-corrected chi connectivity index (χ2v) is 6.65. The first kappa shape index (κ1) is 15.5. The van der Waals surface area contributed by atoms with E-state index in [0.29, 0.717) is 18.9 Å².